The number of benzene rings is 2. The molecule has 4 amide bonds. The Morgan fingerprint density at radius 3 is 1.81 bits per heavy atom. The van der Waals surface area contributed by atoms with Gasteiger partial charge in [-0.1, -0.05) is 24.3 Å². The van der Waals surface area contributed by atoms with Crippen molar-refractivity contribution in [1.29, 1.82) is 0 Å². The molecule has 0 bridgehead atoms. The average molecular weight is 441 g/mol. The van der Waals surface area contributed by atoms with Crippen molar-refractivity contribution in [1.82, 2.24) is 9.80 Å². The van der Waals surface area contributed by atoms with Crippen LogP contribution >= 0.6 is 0 Å². The van der Waals surface area contributed by atoms with E-state index in [1.165, 1.54) is 0 Å². The Morgan fingerprint density at radius 1 is 0.812 bits per heavy atom. The number of urea groups is 2. The molecule has 0 aliphatic carbocycles. The lowest BCUT2D eigenvalue weighted by molar-refractivity contribution is -0.0944. The average Bonchev–Trinajstić information content (AvgIpc) is 3.23. The summed E-state index contributed by atoms with van der Waals surface area (Å²) in [5, 5.41) is 24.1. The van der Waals surface area contributed by atoms with Crippen molar-refractivity contribution in [2.75, 3.05) is 36.9 Å². The summed E-state index contributed by atoms with van der Waals surface area (Å²) < 4.78 is 6.01. The number of likely N-dealkylation sites (tertiary alicyclic amines) is 1. The van der Waals surface area contributed by atoms with Gasteiger partial charge in [0.1, 0.15) is 5.72 Å². The highest BCUT2D eigenvalue weighted by Crippen LogP contribution is 2.35. The topological polar surface area (TPSA) is 114 Å². The van der Waals surface area contributed by atoms with Crippen LogP contribution in [-0.4, -0.2) is 64.0 Å². The molecule has 2 aromatic rings. The molecule has 2 fully saturated rings. The number of piperidine rings is 1. The van der Waals surface area contributed by atoms with Crippen LogP contribution in [0.15, 0.2) is 48.5 Å². The Labute approximate surface area is 186 Å². The number of rotatable bonds is 4. The van der Waals surface area contributed by atoms with E-state index >= 15 is 0 Å². The maximum atomic E-state index is 12.9. The van der Waals surface area contributed by atoms with E-state index in [2.05, 4.69) is 10.6 Å². The first kappa shape index (κ1) is 22.1. The van der Waals surface area contributed by atoms with Gasteiger partial charge >= 0.3 is 12.1 Å². The van der Waals surface area contributed by atoms with Gasteiger partial charge in [-0.2, -0.15) is 0 Å². The Bertz CT molecular complexity index is 940. The fraction of sp³-hybridized carbons (Fsp3) is 0.391. The molecular formula is C23H28N4O5. The van der Waals surface area contributed by atoms with Crippen LogP contribution in [0.1, 0.15) is 24.0 Å². The minimum Gasteiger partial charge on any atom is -0.392 e. The van der Waals surface area contributed by atoms with Gasteiger partial charge in [-0.15, -0.1) is 0 Å². The van der Waals surface area contributed by atoms with Crippen molar-refractivity contribution < 1.29 is 24.5 Å². The van der Waals surface area contributed by atoms with Gasteiger partial charge in [0.25, 0.3) is 0 Å². The molecule has 9 nitrogen and oxygen atoms in total. The number of amides is 4. The van der Waals surface area contributed by atoms with E-state index in [0.717, 1.165) is 11.1 Å². The summed E-state index contributed by atoms with van der Waals surface area (Å²) in [7, 11) is 0. The van der Waals surface area contributed by atoms with Gasteiger partial charge in [-0.3, -0.25) is 4.90 Å². The summed E-state index contributed by atoms with van der Waals surface area (Å²) in [6.45, 7) is 1.80. The van der Waals surface area contributed by atoms with E-state index in [0.29, 0.717) is 50.5 Å². The van der Waals surface area contributed by atoms with Gasteiger partial charge in [-0.25, -0.2) is 9.59 Å². The highest BCUT2D eigenvalue weighted by Gasteiger charge is 2.47. The Hall–Kier alpha value is -3.14. The molecule has 2 aromatic carbocycles. The van der Waals surface area contributed by atoms with Crippen LogP contribution in [0, 0.1) is 0 Å². The van der Waals surface area contributed by atoms with Crippen LogP contribution in [0.5, 0.6) is 0 Å². The number of nitrogens with zero attached hydrogens (tertiary/aromatic N) is 2. The molecule has 4 N–H and O–H groups in total. The zero-order valence-corrected chi connectivity index (χ0v) is 17.8. The van der Waals surface area contributed by atoms with Crippen LogP contribution in [0.4, 0.5) is 21.0 Å². The first-order chi connectivity index (χ1) is 15.5. The second-order valence-electron chi connectivity index (χ2n) is 8.00. The highest BCUT2D eigenvalue weighted by molar-refractivity contribution is 5.90. The lowest BCUT2D eigenvalue weighted by Gasteiger charge is -2.43. The third-order valence-electron chi connectivity index (χ3n) is 6.03. The molecule has 4 rings (SSSR count). The van der Waals surface area contributed by atoms with Crippen molar-refractivity contribution in [3.63, 3.8) is 0 Å². The summed E-state index contributed by atoms with van der Waals surface area (Å²) in [6.07, 6.45) is 1.06. The maximum Gasteiger partial charge on any atom is 0.324 e. The molecular weight excluding hydrogens is 412 g/mol. The second-order valence-corrected chi connectivity index (χ2v) is 8.00. The predicted molar refractivity (Wildman–Crippen MR) is 119 cm³/mol. The maximum absolute atomic E-state index is 12.9. The van der Waals surface area contributed by atoms with Crippen molar-refractivity contribution in [3.05, 3.63) is 59.7 Å². The van der Waals surface area contributed by atoms with Crippen LogP contribution in [0.25, 0.3) is 0 Å². The van der Waals surface area contributed by atoms with Gasteiger partial charge in [0.05, 0.1) is 19.8 Å². The molecule has 0 atom stereocenters. The standard InChI is InChI=1S/C23H28N4O5/c28-15-17-1-5-19(6-2-17)24-21(30)26-11-9-23(10-12-26)27(13-14-32-23)22(31)25-20-7-3-18(16-29)4-8-20/h1-8,28-29H,9-16H2,(H,24,30)(H,25,31). The van der Waals surface area contributed by atoms with E-state index < -0.39 is 5.72 Å². The minimum absolute atomic E-state index is 0.0412. The number of anilines is 2. The Kier molecular flexibility index (Phi) is 6.59. The van der Waals surface area contributed by atoms with Crippen molar-refractivity contribution >= 4 is 23.4 Å². The van der Waals surface area contributed by atoms with Gasteiger partial charge in [0, 0.05) is 43.9 Å². The number of carbonyl (C=O) groups excluding carboxylic acids is 2. The van der Waals surface area contributed by atoms with Crippen LogP contribution in [0.2, 0.25) is 0 Å². The quantitative estimate of drug-likeness (QED) is 0.583. The number of ether oxygens (including phenoxy) is 1. The number of nitrogens with one attached hydrogen (secondary N) is 2. The van der Waals surface area contributed by atoms with Gasteiger partial charge < -0.3 is 30.5 Å². The van der Waals surface area contributed by atoms with Crippen molar-refractivity contribution in [3.8, 4) is 0 Å². The molecule has 170 valence electrons. The smallest absolute Gasteiger partial charge is 0.324 e. The fourth-order valence-electron chi connectivity index (χ4n) is 4.15. The van der Waals surface area contributed by atoms with E-state index in [9.17, 15) is 9.59 Å². The molecule has 2 aliphatic rings. The largest absolute Gasteiger partial charge is 0.392 e. The lowest BCUT2D eigenvalue weighted by atomic mass is 9.99. The van der Waals surface area contributed by atoms with Gasteiger partial charge in [-0.05, 0) is 35.4 Å². The SMILES string of the molecule is O=C(Nc1ccc(CO)cc1)N1CCC2(CC1)OCCN2C(=O)Nc1ccc(CO)cc1. The van der Waals surface area contributed by atoms with E-state index in [1.54, 1.807) is 58.3 Å². The zero-order valence-electron chi connectivity index (χ0n) is 17.8. The first-order valence-corrected chi connectivity index (χ1v) is 10.7. The number of aliphatic hydroxyl groups excluding tert-OH is 2. The molecule has 9 heteroatoms. The van der Waals surface area contributed by atoms with E-state index in [4.69, 9.17) is 14.9 Å². The van der Waals surface area contributed by atoms with Gasteiger partial charge in [0.15, 0.2) is 0 Å². The fourth-order valence-corrected chi connectivity index (χ4v) is 4.15. The number of hydrogen-bond donors (Lipinski definition) is 4. The molecule has 0 radical (unpaired) electrons. The minimum atomic E-state index is -0.714. The third-order valence-corrected chi connectivity index (χ3v) is 6.03. The van der Waals surface area contributed by atoms with Crippen LogP contribution in [-0.2, 0) is 18.0 Å². The monoisotopic (exact) mass is 440 g/mol. The molecule has 2 aliphatic heterocycles. The summed E-state index contributed by atoms with van der Waals surface area (Å²) in [5.41, 5.74) is 2.16. The normalized spacial score (nSPS) is 17.4. The third kappa shape index (κ3) is 4.69. The number of aliphatic hydroxyl groups is 2. The van der Waals surface area contributed by atoms with Crippen molar-refractivity contribution in [2.45, 2.75) is 31.8 Å². The van der Waals surface area contributed by atoms with Crippen LogP contribution in [0.3, 0.4) is 0 Å². The van der Waals surface area contributed by atoms with Gasteiger partial charge in [0.2, 0.25) is 0 Å². The summed E-state index contributed by atoms with van der Waals surface area (Å²) >= 11 is 0. The number of carbonyl (C=O) groups is 2. The van der Waals surface area contributed by atoms with E-state index in [1.807, 2.05) is 0 Å². The lowest BCUT2D eigenvalue weighted by Crippen LogP contribution is -2.57. The molecule has 0 saturated carbocycles. The zero-order chi connectivity index (χ0) is 22.6. The summed E-state index contributed by atoms with van der Waals surface area (Å²) in [5.74, 6) is 0. The summed E-state index contributed by atoms with van der Waals surface area (Å²) in [4.78, 5) is 29.0. The Balaban J connectivity index is 1.34. The molecule has 0 unspecified atom stereocenters. The predicted octanol–water partition coefficient (Wildman–Crippen LogP) is 2.56. The van der Waals surface area contributed by atoms with E-state index in [-0.39, 0.29) is 25.3 Å². The first-order valence-electron chi connectivity index (χ1n) is 10.7. The second kappa shape index (κ2) is 9.56. The molecule has 32 heavy (non-hydrogen) atoms. The molecule has 2 saturated heterocycles. The van der Waals surface area contributed by atoms with Crippen molar-refractivity contribution in [2.24, 2.45) is 0 Å². The Morgan fingerprint density at radius 2 is 1.31 bits per heavy atom. The van der Waals surface area contributed by atoms with Crippen LogP contribution < -0.4 is 10.6 Å². The molecule has 1 spiro atoms. The molecule has 0 aromatic heterocycles. The highest BCUT2D eigenvalue weighted by atomic mass is 16.5. The number of hydrogen-bond acceptors (Lipinski definition) is 5. The molecule has 2 heterocycles. The summed E-state index contributed by atoms with van der Waals surface area (Å²) in [6, 6.07) is 13.7.